The lowest BCUT2D eigenvalue weighted by atomic mass is 10.2. The van der Waals surface area contributed by atoms with Crippen molar-refractivity contribution in [2.45, 2.75) is 0 Å². The molecule has 0 radical (unpaired) electrons. The van der Waals surface area contributed by atoms with E-state index < -0.39 is 5.97 Å². The van der Waals surface area contributed by atoms with Crippen LogP contribution in [0.25, 0.3) is 11.0 Å². The molecule has 0 N–H and O–H groups in total. The van der Waals surface area contributed by atoms with Crippen LogP contribution >= 0.6 is 28.1 Å². The Labute approximate surface area is 117 Å². The van der Waals surface area contributed by atoms with E-state index in [9.17, 15) is 4.79 Å². The average Bonchev–Trinajstić information content (AvgIpc) is 2.73. The van der Waals surface area contributed by atoms with Gasteiger partial charge >= 0.3 is 5.97 Å². The molecule has 0 unspecified atom stereocenters. The molecule has 0 aliphatic carbocycles. The molecule has 0 aliphatic rings. The maximum absolute atomic E-state index is 11.6. The molecule has 6 heteroatoms. The molecule has 0 atom stereocenters. The predicted molar refractivity (Wildman–Crippen MR) is 77.1 cm³/mol. The second-order valence-corrected chi connectivity index (χ2v) is 4.51. The number of fused-ring (bicyclic) bond motifs is 1. The zero-order chi connectivity index (χ0) is 13.1. The lowest BCUT2D eigenvalue weighted by Crippen LogP contribution is -1.99. The van der Waals surface area contributed by atoms with E-state index in [2.05, 4.69) is 37.9 Å². The number of hydrogen-bond donors (Lipinski definition) is 0. The Kier molecular flexibility index (Phi) is 3.88. The molecule has 2 rings (SSSR count). The summed E-state index contributed by atoms with van der Waals surface area (Å²) in [5.74, 6) is -0.502. The average molecular weight is 326 g/mol. The van der Waals surface area contributed by atoms with E-state index in [0.717, 1.165) is 9.86 Å². The lowest BCUT2D eigenvalue weighted by molar-refractivity contribution is 0.0569. The summed E-state index contributed by atoms with van der Waals surface area (Å²) in [5.41, 5.74) is 0.981. The van der Waals surface area contributed by atoms with Crippen LogP contribution in [0, 0.1) is 0 Å². The Morgan fingerprint density at radius 1 is 1.56 bits per heavy atom. The van der Waals surface area contributed by atoms with Crippen LogP contribution < -0.4 is 0 Å². The monoisotopic (exact) mass is 325 g/mol. The van der Waals surface area contributed by atoms with Gasteiger partial charge in [0.25, 0.3) is 0 Å². The summed E-state index contributed by atoms with van der Waals surface area (Å²) in [6.45, 7) is 0. The fraction of sp³-hybridized carbons (Fsp3) is 0.0833. The zero-order valence-electron chi connectivity index (χ0n) is 9.34. The first-order valence-electron chi connectivity index (χ1n) is 4.95. The summed E-state index contributed by atoms with van der Waals surface area (Å²) in [6, 6.07) is 5.39. The third-order valence-corrected chi connectivity index (χ3v) is 2.87. The maximum atomic E-state index is 11.6. The minimum absolute atomic E-state index is 0.0682. The molecule has 0 aliphatic heterocycles. The largest absolute Gasteiger partial charge is 0.463 e. The Balaban J connectivity index is 2.72. The molecule has 0 spiro atoms. The van der Waals surface area contributed by atoms with E-state index in [4.69, 9.17) is 4.42 Å². The first-order valence-corrected chi connectivity index (χ1v) is 6.22. The van der Waals surface area contributed by atoms with Crippen LogP contribution in [0.4, 0.5) is 5.69 Å². The number of hydrogen-bond acceptors (Lipinski definition) is 5. The van der Waals surface area contributed by atoms with Gasteiger partial charge in [-0.25, -0.2) is 4.79 Å². The van der Waals surface area contributed by atoms with Crippen molar-refractivity contribution in [1.29, 1.82) is 0 Å². The van der Waals surface area contributed by atoms with E-state index in [1.54, 1.807) is 6.07 Å². The number of aliphatic imine (C=N–C) groups is 1. The summed E-state index contributed by atoms with van der Waals surface area (Å²) < 4.78 is 11.0. The number of rotatable bonds is 3. The van der Waals surface area contributed by atoms with Crippen molar-refractivity contribution < 1.29 is 13.9 Å². The topological polar surface area (TPSA) is 51.8 Å². The van der Waals surface area contributed by atoms with Crippen molar-refractivity contribution in [2.75, 3.05) is 7.11 Å². The molecule has 0 saturated carbocycles. The summed E-state index contributed by atoms with van der Waals surface area (Å²) in [5, 5.41) is 2.08. The number of furan rings is 1. The fourth-order valence-electron chi connectivity index (χ4n) is 1.52. The molecular weight excluding hydrogens is 318 g/mol. The van der Waals surface area contributed by atoms with E-state index in [1.165, 1.54) is 18.7 Å². The van der Waals surface area contributed by atoms with Crippen LogP contribution in [0.1, 0.15) is 10.6 Å². The second kappa shape index (κ2) is 5.41. The van der Waals surface area contributed by atoms with Crippen LogP contribution in [0.15, 0.2) is 32.1 Å². The Bertz CT molecular complexity index is 648. The number of thiocarbonyl (C=S) groups is 1. The van der Waals surface area contributed by atoms with Crippen LogP contribution in [-0.4, -0.2) is 24.7 Å². The number of methoxy groups -OCH3 is 1. The first-order chi connectivity index (χ1) is 8.67. The smallest absolute Gasteiger partial charge is 0.376 e. The molecule has 0 fully saturated rings. The van der Waals surface area contributed by atoms with Crippen LogP contribution in [-0.2, 0) is 4.74 Å². The van der Waals surface area contributed by atoms with Crippen molar-refractivity contribution in [3.8, 4) is 0 Å². The molecule has 1 aromatic carbocycles. The molecule has 0 saturated heterocycles. The van der Waals surface area contributed by atoms with Crippen molar-refractivity contribution in [3.63, 3.8) is 0 Å². The van der Waals surface area contributed by atoms with Gasteiger partial charge in [0, 0.05) is 21.4 Å². The molecule has 18 heavy (non-hydrogen) atoms. The van der Waals surface area contributed by atoms with E-state index in [0.29, 0.717) is 11.3 Å². The molecule has 0 amide bonds. The first kappa shape index (κ1) is 12.9. The molecule has 2 aromatic rings. The molecule has 4 nitrogen and oxygen atoms in total. The number of halogens is 1. The van der Waals surface area contributed by atoms with Crippen LogP contribution in [0.2, 0.25) is 0 Å². The quantitative estimate of drug-likeness (QED) is 0.490. The summed E-state index contributed by atoms with van der Waals surface area (Å²) in [7, 11) is 1.29. The highest BCUT2D eigenvalue weighted by Gasteiger charge is 2.20. The van der Waals surface area contributed by atoms with Crippen molar-refractivity contribution in [3.05, 3.63) is 28.4 Å². The van der Waals surface area contributed by atoms with Crippen LogP contribution in [0.3, 0.4) is 0 Å². The van der Waals surface area contributed by atoms with Gasteiger partial charge in [0.15, 0.2) is 0 Å². The molecule has 0 bridgehead atoms. The third kappa shape index (κ3) is 2.34. The fourth-order valence-corrected chi connectivity index (χ4v) is 1.94. The summed E-state index contributed by atoms with van der Waals surface area (Å²) >= 11 is 8.04. The van der Waals surface area contributed by atoms with Gasteiger partial charge in [0.1, 0.15) is 11.3 Å². The van der Waals surface area contributed by atoms with Gasteiger partial charge in [-0.05, 0) is 18.2 Å². The number of carbonyl (C=O) groups excluding carboxylic acids is 1. The van der Waals surface area contributed by atoms with Gasteiger partial charge in [-0.3, -0.25) is 4.99 Å². The number of nitrogens with zero attached hydrogens (tertiary/aromatic N) is 1. The van der Waals surface area contributed by atoms with E-state index >= 15 is 0 Å². The van der Waals surface area contributed by atoms with Crippen LogP contribution in [0.5, 0.6) is 0 Å². The SMILES string of the molecule is COC(=O)c1oc2ccc(Br)cc2c1N=CC=S. The van der Waals surface area contributed by atoms with Crippen molar-refractivity contribution >= 4 is 62.4 Å². The highest BCUT2D eigenvalue weighted by Crippen LogP contribution is 2.35. The number of ether oxygens (including phenoxy) is 1. The number of benzene rings is 1. The maximum Gasteiger partial charge on any atom is 0.376 e. The van der Waals surface area contributed by atoms with Gasteiger partial charge < -0.3 is 9.15 Å². The predicted octanol–water partition coefficient (Wildman–Crippen LogP) is 3.68. The third-order valence-electron chi connectivity index (χ3n) is 2.26. The van der Waals surface area contributed by atoms with Crippen molar-refractivity contribution in [2.24, 2.45) is 4.99 Å². The highest BCUT2D eigenvalue weighted by atomic mass is 79.9. The highest BCUT2D eigenvalue weighted by molar-refractivity contribution is 9.10. The molecular formula is C12H8BrNO3S. The normalized spacial score (nSPS) is 11.0. The van der Waals surface area contributed by atoms with E-state index in [-0.39, 0.29) is 5.76 Å². The Morgan fingerprint density at radius 3 is 3.00 bits per heavy atom. The molecule has 92 valence electrons. The summed E-state index contributed by atoms with van der Waals surface area (Å²) in [6.07, 6.45) is 1.42. The minimum Gasteiger partial charge on any atom is -0.463 e. The van der Waals surface area contributed by atoms with Gasteiger partial charge in [-0.1, -0.05) is 28.1 Å². The number of carbonyl (C=O) groups is 1. The van der Waals surface area contributed by atoms with Gasteiger partial charge in [0.05, 0.1) is 7.11 Å². The zero-order valence-corrected chi connectivity index (χ0v) is 11.7. The second-order valence-electron chi connectivity index (χ2n) is 3.33. The lowest BCUT2D eigenvalue weighted by Gasteiger charge is -1.95. The Morgan fingerprint density at radius 2 is 2.33 bits per heavy atom. The Hall–Kier alpha value is -1.53. The van der Waals surface area contributed by atoms with Gasteiger partial charge in [0.2, 0.25) is 5.76 Å². The molecule has 1 heterocycles. The van der Waals surface area contributed by atoms with E-state index in [1.807, 2.05) is 12.1 Å². The van der Waals surface area contributed by atoms with Gasteiger partial charge in [-0.2, -0.15) is 0 Å². The van der Waals surface area contributed by atoms with Crippen molar-refractivity contribution in [1.82, 2.24) is 0 Å². The standard InChI is InChI=1S/C12H8BrNO3S/c1-16-12(15)11-10(14-4-5-18)8-6-7(13)2-3-9(8)17-11/h2-6H,1H3. The molecule has 1 aromatic heterocycles. The summed E-state index contributed by atoms with van der Waals surface area (Å²) in [4.78, 5) is 15.7. The minimum atomic E-state index is -0.571. The van der Waals surface area contributed by atoms with Gasteiger partial charge in [-0.15, -0.1) is 0 Å². The number of esters is 1.